The van der Waals surface area contributed by atoms with Crippen LogP contribution < -0.4 is 5.32 Å². The van der Waals surface area contributed by atoms with Crippen molar-refractivity contribution in [2.75, 3.05) is 13.7 Å². The van der Waals surface area contributed by atoms with E-state index in [-0.39, 0.29) is 5.60 Å². The summed E-state index contributed by atoms with van der Waals surface area (Å²) in [7, 11) is 1.76. The van der Waals surface area contributed by atoms with Crippen molar-refractivity contribution < 1.29 is 4.74 Å². The third kappa shape index (κ3) is 3.61. The van der Waals surface area contributed by atoms with Gasteiger partial charge < -0.3 is 10.1 Å². The molecule has 4 nitrogen and oxygen atoms in total. The zero-order valence-electron chi connectivity index (χ0n) is 14.1. The van der Waals surface area contributed by atoms with E-state index in [2.05, 4.69) is 33.0 Å². The SMILES string of the molecule is CCC(CC)(OC)c1nc(C)c(CCNC2CC2)c(C)n1. The Morgan fingerprint density at radius 1 is 1.14 bits per heavy atom. The van der Waals surface area contributed by atoms with E-state index in [4.69, 9.17) is 14.7 Å². The Hall–Kier alpha value is -1.00. The number of hydrogen-bond donors (Lipinski definition) is 1. The lowest BCUT2D eigenvalue weighted by Gasteiger charge is -2.29. The molecule has 0 bridgehead atoms. The molecular formula is C17H29N3O. The number of nitrogens with one attached hydrogen (secondary N) is 1. The second-order valence-electron chi connectivity index (χ2n) is 6.08. The number of aromatic nitrogens is 2. The maximum Gasteiger partial charge on any atom is 0.160 e. The Labute approximate surface area is 128 Å². The molecule has 0 aromatic carbocycles. The van der Waals surface area contributed by atoms with Crippen LogP contribution in [0.5, 0.6) is 0 Å². The zero-order chi connectivity index (χ0) is 15.5. The second kappa shape index (κ2) is 6.84. The molecule has 1 aromatic heterocycles. The first-order valence-electron chi connectivity index (χ1n) is 8.19. The Balaban J connectivity index is 2.18. The van der Waals surface area contributed by atoms with Gasteiger partial charge in [0.05, 0.1) is 0 Å². The fourth-order valence-electron chi connectivity index (χ4n) is 2.94. The molecule has 4 heteroatoms. The van der Waals surface area contributed by atoms with Gasteiger partial charge in [-0.1, -0.05) is 13.8 Å². The molecule has 1 heterocycles. The molecular weight excluding hydrogens is 262 g/mol. The summed E-state index contributed by atoms with van der Waals surface area (Å²) in [5.74, 6) is 0.837. The van der Waals surface area contributed by atoms with Gasteiger partial charge in [0.1, 0.15) is 5.60 Å². The summed E-state index contributed by atoms with van der Waals surface area (Å²) in [5, 5.41) is 3.56. The van der Waals surface area contributed by atoms with E-state index >= 15 is 0 Å². The first-order valence-corrected chi connectivity index (χ1v) is 8.19. The average Bonchev–Trinajstić information content (AvgIpc) is 3.28. The highest BCUT2D eigenvalue weighted by Crippen LogP contribution is 2.30. The van der Waals surface area contributed by atoms with E-state index < -0.39 is 0 Å². The van der Waals surface area contributed by atoms with Gasteiger partial charge in [-0.05, 0) is 58.1 Å². The first kappa shape index (κ1) is 16.4. The Morgan fingerprint density at radius 2 is 1.71 bits per heavy atom. The molecule has 1 aliphatic carbocycles. The van der Waals surface area contributed by atoms with Crippen LogP contribution in [0.4, 0.5) is 0 Å². The van der Waals surface area contributed by atoms with Crippen LogP contribution >= 0.6 is 0 Å². The topological polar surface area (TPSA) is 47.0 Å². The van der Waals surface area contributed by atoms with Crippen LogP contribution in [0.1, 0.15) is 62.3 Å². The summed E-state index contributed by atoms with van der Waals surface area (Å²) in [6.07, 6.45) is 5.45. The van der Waals surface area contributed by atoms with Gasteiger partial charge in [0.15, 0.2) is 5.82 Å². The van der Waals surface area contributed by atoms with Crippen molar-refractivity contribution in [3.8, 4) is 0 Å². The third-order valence-corrected chi connectivity index (χ3v) is 4.75. The van der Waals surface area contributed by atoms with Crippen molar-refractivity contribution in [2.45, 2.75) is 71.4 Å². The molecule has 0 aliphatic heterocycles. The number of methoxy groups -OCH3 is 1. The van der Waals surface area contributed by atoms with Gasteiger partial charge in [0.2, 0.25) is 0 Å². The molecule has 0 spiro atoms. The predicted octanol–water partition coefficient (Wildman–Crippen LogP) is 3.05. The molecule has 0 unspecified atom stereocenters. The second-order valence-corrected chi connectivity index (χ2v) is 6.08. The van der Waals surface area contributed by atoms with Crippen LogP contribution in [0.25, 0.3) is 0 Å². The van der Waals surface area contributed by atoms with Crippen molar-refractivity contribution >= 4 is 0 Å². The van der Waals surface area contributed by atoms with Crippen molar-refractivity contribution in [1.82, 2.24) is 15.3 Å². The van der Waals surface area contributed by atoms with Crippen LogP contribution in [0.2, 0.25) is 0 Å². The highest BCUT2D eigenvalue weighted by molar-refractivity contribution is 5.26. The molecule has 0 amide bonds. The summed E-state index contributed by atoms with van der Waals surface area (Å²) >= 11 is 0. The van der Waals surface area contributed by atoms with Crippen LogP contribution in [0.15, 0.2) is 0 Å². The van der Waals surface area contributed by atoms with Gasteiger partial charge in [0, 0.05) is 24.5 Å². The van der Waals surface area contributed by atoms with Crippen LogP contribution in [0, 0.1) is 13.8 Å². The van der Waals surface area contributed by atoms with E-state index in [0.29, 0.717) is 0 Å². The minimum atomic E-state index is -0.347. The van der Waals surface area contributed by atoms with E-state index in [0.717, 1.165) is 49.1 Å². The Kier molecular flexibility index (Phi) is 5.33. The summed E-state index contributed by atoms with van der Waals surface area (Å²) in [5.41, 5.74) is 3.13. The number of aryl methyl sites for hydroxylation is 2. The standard InChI is InChI=1S/C17H29N3O/c1-6-17(7-2,21-5)16-19-12(3)15(13(4)20-16)10-11-18-14-8-9-14/h14,18H,6-11H2,1-5H3. The fraction of sp³-hybridized carbons (Fsp3) is 0.765. The van der Waals surface area contributed by atoms with Crippen molar-refractivity contribution in [3.05, 3.63) is 22.8 Å². The lowest BCUT2D eigenvalue weighted by Crippen LogP contribution is -2.30. The minimum Gasteiger partial charge on any atom is -0.370 e. The molecule has 1 aliphatic rings. The highest BCUT2D eigenvalue weighted by atomic mass is 16.5. The van der Waals surface area contributed by atoms with E-state index in [9.17, 15) is 0 Å². The molecule has 0 radical (unpaired) electrons. The van der Waals surface area contributed by atoms with Crippen LogP contribution in [-0.4, -0.2) is 29.7 Å². The average molecular weight is 291 g/mol. The predicted molar refractivity (Wildman–Crippen MR) is 85.5 cm³/mol. The number of nitrogens with zero attached hydrogens (tertiary/aromatic N) is 2. The van der Waals surface area contributed by atoms with Crippen molar-refractivity contribution in [3.63, 3.8) is 0 Å². The highest BCUT2D eigenvalue weighted by Gasteiger charge is 2.32. The number of rotatable bonds is 8. The van der Waals surface area contributed by atoms with Gasteiger partial charge in [0.25, 0.3) is 0 Å². The molecule has 2 rings (SSSR count). The summed E-state index contributed by atoms with van der Waals surface area (Å²) in [6.45, 7) is 9.47. The van der Waals surface area contributed by atoms with Gasteiger partial charge in [-0.15, -0.1) is 0 Å². The summed E-state index contributed by atoms with van der Waals surface area (Å²) in [6, 6.07) is 0.757. The molecule has 21 heavy (non-hydrogen) atoms. The molecule has 1 saturated carbocycles. The largest absolute Gasteiger partial charge is 0.370 e. The van der Waals surface area contributed by atoms with Crippen LogP contribution in [-0.2, 0) is 16.8 Å². The number of ether oxygens (including phenoxy) is 1. The van der Waals surface area contributed by atoms with Gasteiger partial charge in [-0.3, -0.25) is 0 Å². The normalized spacial score (nSPS) is 15.5. The van der Waals surface area contributed by atoms with Crippen molar-refractivity contribution in [1.29, 1.82) is 0 Å². The van der Waals surface area contributed by atoms with Crippen LogP contribution in [0.3, 0.4) is 0 Å². The Bertz CT molecular complexity index is 448. The fourth-order valence-corrected chi connectivity index (χ4v) is 2.94. The van der Waals surface area contributed by atoms with E-state index in [1.807, 2.05) is 0 Å². The summed E-state index contributed by atoms with van der Waals surface area (Å²) in [4.78, 5) is 9.54. The molecule has 1 N–H and O–H groups in total. The number of hydrogen-bond acceptors (Lipinski definition) is 4. The zero-order valence-corrected chi connectivity index (χ0v) is 14.1. The minimum absolute atomic E-state index is 0.347. The molecule has 1 fully saturated rings. The monoisotopic (exact) mass is 291 g/mol. The van der Waals surface area contributed by atoms with E-state index in [1.165, 1.54) is 18.4 Å². The first-order chi connectivity index (χ1) is 10.1. The van der Waals surface area contributed by atoms with Crippen molar-refractivity contribution in [2.24, 2.45) is 0 Å². The lowest BCUT2D eigenvalue weighted by atomic mass is 9.95. The van der Waals surface area contributed by atoms with Gasteiger partial charge in [-0.25, -0.2) is 9.97 Å². The lowest BCUT2D eigenvalue weighted by molar-refractivity contribution is -0.0294. The molecule has 1 aromatic rings. The maximum atomic E-state index is 5.76. The Morgan fingerprint density at radius 3 is 2.14 bits per heavy atom. The molecule has 0 saturated heterocycles. The van der Waals surface area contributed by atoms with Gasteiger partial charge in [-0.2, -0.15) is 0 Å². The maximum absolute atomic E-state index is 5.76. The quantitative estimate of drug-likeness (QED) is 0.799. The summed E-state index contributed by atoms with van der Waals surface area (Å²) < 4.78 is 5.76. The smallest absolute Gasteiger partial charge is 0.160 e. The van der Waals surface area contributed by atoms with E-state index in [1.54, 1.807) is 7.11 Å². The molecule has 0 atom stereocenters. The third-order valence-electron chi connectivity index (χ3n) is 4.75. The molecule has 118 valence electrons. The van der Waals surface area contributed by atoms with Gasteiger partial charge >= 0.3 is 0 Å².